The Labute approximate surface area is 136 Å². The first-order valence-electron chi connectivity index (χ1n) is 5.96. The van der Waals surface area contributed by atoms with Crippen molar-refractivity contribution in [3.63, 3.8) is 0 Å². The maximum atomic E-state index is 12.2. The van der Waals surface area contributed by atoms with Crippen LogP contribution >= 0.6 is 22.6 Å². The van der Waals surface area contributed by atoms with E-state index in [2.05, 4.69) is 27.3 Å². The Morgan fingerprint density at radius 2 is 1.81 bits per heavy atom. The lowest BCUT2D eigenvalue weighted by atomic mass is 10.2. The Balaban J connectivity index is 2.21. The van der Waals surface area contributed by atoms with Gasteiger partial charge in [-0.15, -0.1) is 0 Å². The smallest absolute Gasteiger partial charge is 0.307 e. The van der Waals surface area contributed by atoms with E-state index in [1.807, 2.05) is 6.07 Å². The number of aliphatic carboxylic acids is 1. The number of carbonyl (C=O) groups is 1. The van der Waals surface area contributed by atoms with Gasteiger partial charge in [0, 0.05) is 9.26 Å². The van der Waals surface area contributed by atoms with Crippen molar-refractivity contribution in [3.8, 4) is 0 Å². The van der Waals surface area contributed by atoms with Crippen LogP contribution in [0.3, 0.4) is 0 Å². The molecule has 7 heteroatoms. The Morgan fingerprint density at radius 1 is 1.14 bits per heavy atom. The number of hydrogen-bond acceptors (Lipinski definition) is 3. The van der Waals surface area contributed by atoms with Crippen LogP contribution in [0.15, 0.2) is 53.4 Å². The van der Waals surface area contributed by atoms with Crippen molar-refractivity contribution in [1.29, 1.82) is 0 Å². The van der Waals surface area contributed by atoms with Crippen molar-refractivity contribution in [1.82, 2.24) is 0 Å². The van der Waals surface area contributed by atoms with E-state index in [1.54, 1.807) is 18.2 Å². The van der Waals surface area contributed by atoms with E-state index in [1.165, 1.54) is 24.3 Å². The molecule has 0 heterocycles. The molecule has 2 aromatic rings. The van der Waals surface area contributed by atoms with E-state index in [0.29, 0.717) is 11.3 Å². The summed E-state index contributed by atoms with van der Waals surface area (Å²) in [4.78, 5) is 10.7. The van der Waals surface area contributed by atoms with Crippen molar-refractivity contribution < 1.29 is 18.3 Å². The fraction of sp³-hybridized carbons (Fsp3) is 0.0714. The zero-order valence-electron chi connectivity index (χ0n) is 10.8. The van der Waals surface area contributed by atoms with Gasteiger partial charge < -0.3 is 5.11 Å². The normalized spacial score (nSPS) is 11.1. The number of anilines is 1. The summed E-state index contributed by atoms with van der Waals surface area (Å²) < 4.78 is 27.8. The Bertz CT molecular complexity index is 757. The summed E-state index contributed by atoms with van der Waals surface area (Å²) in [5.74, 6) is -0.956. The van der Waals surface area contributed by atoms with E-state index in [-0.39, 0.29) is 11.3 Å². The molecule has 5 nitrogen and oxygen atoms in total. The first-order valence-corrected chi connectivity index (χ1v) is 8.52. The second-order valence-electron chi connectivity index (χ2n) is 4.33. The molecule has 0 aliphatic rings. The lowest BCUT2D eigenvalue weighted by Gasteiger charge is -2.09. The van der Waals surface area contributed by atoms with Crippen LogP contribution in [0.25, 0.3) is 0 Å². The third kappa shape index (κ3) is 4.43. The fourth-order valence-corrected chi connectivity index (χ4v) is 3.32. The standard InChI is InChI=1S/C14H12INO4S/c15-11-2-1-3-12(9-11)16-21(19,20)13-6-4-10(5-7-13)8-14(17)18/h1-7,9,16H,8H2,(H,17,18). The molecule has 0 aliphatic heterocycles. The number of benzene rings is 2. The summed E-state index contributed by atoms with van der Waals surface area (Å²) >= 11 is 2.10. The molecule has 0 unspecified atom stereocenters. The second kappa shape index (κ2) is 6.44. The van der Waals surface area contributed by atoms with Gasteiger partial charge in [0.1, 0.15) is 0 Å². The summed E-state index contributed by atoms with van der Waals surface area (Å²) in [5.41, 5.74) is 1.03. The first-order chi connectivity index (χ1) is 9.87. The van der Waals surface area contributed by atoms with E-state index < -0.39 is 16.0 Å². The fourth-order valence-electron chi connectivity index (χ4n) is 1.73. The number of sulfonamides is 1. The summed E-state index contributed by atoms with van der Waals surface area (Å²) in [6, 6.07) is 12.8. The number of halogens is 1. The monoisotopic (exact) mass is 417 g/mol. The van der Waals surface area contributed by atoms with Crippen LogP contribution < -0.4 is 4.72 Å². The summed E-state index contributed by atoms with van der Waals surface area (Å²) in [6.45, 7) is 0. The molecule has 0 fully saturated rings. The van der Waals surface area contributed by atoms with E-state index in [4.69, 9.17) is 5.11 Å². The van der Waals surface area contributed by atoms with Crippen LogP contribution in [0.2, 0.25) is 0 Å². The largest absolute Gasteiger partial charge is 0.481 e. The number of nitrogens with one attached hydrogen (secondary N) is 1. The molecule has 2 rings (SSSR count). The van der Waals surface area contributed by atoms with E-state index >= 15 is 0 Å². The highest BCUT2D eigenvalue weighted by molar-refractivity contribution is 14.1. The van der Waals surface area contributed by atoms with Gasteiger partial charge in [-0.3, -0.25) is 9.52 Å². The molecule has 110 valence electrons. The Kier molecular flexibility index (Phi) is 4.84. The number of carboxylic acid groups (broad SMARTS) is 1. The van der Waals surface area contributed by atoms with Gasteiger partial charge in [0.15, 0.2) is 0 Å². The highest BCUT2D eigenvalue weighted by Gasteiger charge is 2.14. The average Bonchev–Trinajstić information content (AvgIpc) is 2.38. The van der Waals surface area contributed by atoms with Gasteiger partial charge in [-0.2, -0.15) is 0 Å². The number of hydrogen-bond donors (Lipinski definition) is 2. The Hall–Kier alpha value is -1.61. The second-order valence-corrected chi connectivity index (χ2v) is 7.26. The van der Waals surface area contributed by atoms with Crippen LogP contribution in [-0.2, 0) is 21.2 Å². The van der Waals surface area contributed by atoms with Gasteiger partial charge in [0.25, 0.3) is 10.0 Å². The van der Waals surface area contributed by atoms with Crippen molar-refractivity contribution in [2.45, 2.75) is 11.3 Å². The summed E-state index contributed by atoms with van der Waals surface area (Å²) in [6.07, 6.45) is -0.134. The van der Waals surface area contributed by atoms with Crippen molar-refractivity contribution >= 4 is 44.3 Å². The van der Waals surface area contributed by atoms with E-state index in [0.717, 1.165) is 3.57 Å². The maximum Gasteiger partial charge on any atom is 0.307 e. The van der Waals surface area contributed by atoms with Gasteiger partial charge in [-0.05, 0) is 58.5 Å². The molecule has 0 amide bonds. The molecule has 21 heavy (non-hydrogen) atoms. The minimum absolute atomic E-state index is 0.0931. The lowest BCUT2D eigenvalue weighted by Crippen LogP contribution is -2.13. The predicted molar refractivity (Wildman–Crippen MR) is 87.7 cm³/mol. The van der Waals surface area contributed by atoms with Crippen LogP contribution in [0, 0.1) is 3.57 Å². The van der Waals surface area contributed by atoms with Gasteiger partial charge in [-0.25, -0.2) is 8.42 Å². The minimum atomic E-state index is -3.68. The lowest BCUT2D eigenvalue weighted by molar-refractivity contribution is -0.136. The molecule has 0 bridgehead atoms. The molecular weight excluding hydrogens is 405 g/mol. The van der Waals surface area contributed by atoms with E-state index in [9.17, 15) is 13.2 Å². The molecule has 0 atom stereocenters. The topological polar surface area (TPSA) is 83.5 Å². The van der Waals surface area contributed by atoms with Crippen LogP contribution in [0.5, 0.6) is 0 Å². The molecule has 0 saturated heterocycles. The molecule has 2 aromatic carbocycles. The van der Waals surface area contributed by atoms with Crippen LogP contribution in [-0.4, -0.2) is 19.5 Å². The van der Waals surface area contributed by atoms with Gasteiger partial charge in [0.2, 0.25) is 0 Å². The third-order valence-electron chi connectivity index (χ3n) is 2.67. The highest BCUT2D eigenvalue weighted by atomic mass is 127. The summed E-state index contributed by atoms with van der Waals surface area (Å²) in [5, 5.41) is 8.69. The molecular formula is C14H12INO4S. The Morgan fingerprint density at radius 3 is 2.38 bits per heavy atom. The zero-order valence-corrected chi connectivity index (χ0v) is 13.8. The number of rotatable bonds is 5. The minimum Gasteiger partial charge on any atom is -0.481 e. The van der Waals surface area contributed by atoms with Crippen molar-refractivity contribution in [2.24, 2.45) is 0 Å². The van der Waals surface area contributed by atoms with Gasteiger partial charge in [0.05, 0.1) is 11.3 Å². The van der Waals surface area contributed by atoms with Gasteiger partial charge >= 0.3 is 5.97 Å². The first kappa shape index (κ1) is 15.8. The third-order valence-corrected chi connectivity index (χ3v) is 4.73. The predicted octanol–water partition coefficient (Wildman–Crippen LogP) is 2.72. The van der Waals surface area contributed by atoms with Crippen molar-refractivity contribution in [3.05, 3.63) is 57.7 Å². The molecule has 0 saturated carbocycles. The molecule has 2 N–H and O–H groups in total. The van der Waals surface area contributed by atoms with Crippen LogP contribution in [0.4, 0.5) is 5.69 Å². The molecule has 0 radical (unpaired) electrons. The quantitative estimate of drug-likeness (QED) is 0.733. The van der Waals surface area contributed by atoms with Crippen LogP contribution in [0.1, 0.15) is 5.56 Å². The average molecular weight is 417 g/mol. The molecule has 0 aromatic heterocycles. The highest BCUT2D eigenvalue weighted by Crippen LogP contribution is 2.18. The molecule has 0 aliphatic carbocycles. The van der Waals surface area contributed by atoms with Gasteiger partial charge in [-0.1, -0.05) is 18.2 Å². The van der Waals surface area contributed by atoms with Crippen molar-refractivity contribution in [2.75, 3.05) is 4.72 Å². The zero-order chi connectivity index (χ0) is 15.5. The summed E-state index contributed by atoms with van der Waals surface area (Å²) in [7, 11) is -3.68. The molecule has 0 spiro atoms. The number of carboxylic acids is 1. The maximum absolute atomic E-state index is 12.2. The SMILES string of the molecule is O=C(O)Cc1ccc(S(=O)(=O)Nc2cccc(I)c2)cc1.